The summed E-state index contributed by atoms with van der Waals surface area (Å²) in [6.45, 7) is 1.90. The van der Waals surface area contributed by atoms with E-state index in [0.717, 1.165) is 35.2 Å². The molecular weight excluding hydrogens is 401 g/mol. The van der Waals surface area contributed by atoms with Crippen molar-refractivity contribution in [1.29, 1.82) is 0 Å². The van der Waals surface area contributed by atoms with Crippen LogP contribution in [-0.2, 0) is 26.2 Å². The zero-order valence-corrected chi connectivity index (χ0v) is 17.3. The molecule has 0 saturated heterocycles. The molecule has 0 aliphatic rings. The number of pyridine rings is 1. The molecule has 0 atom stereocenters. The third kappa shape index (κ3) is 4.24. The van der Waals surface area contributed by atoms with Gasteiger partial charge in [-0.1, -0.05) is 42.5 Å². The standard InChI is InChI=1S/C25H22F3N2O/c1-17-24-22(20(15-29(24)2)13-18-7-4-3-5-8-18)11-12-30(17)16-23(31)19-9-6-10-21(14-19)25(26,27)28/h3-12,14-15H,13,16H2,1-2H3/q+1. The highest BCUT2D eigenvalue weighted by Gasteiger charge is 2.31. The number of hydrogen-bond acceptors (Lipinski definition) is 1. The highest BCUT2D eigenvalue weighted by Crippen LogP contribution is 2.29. The zero-order valence-electron chi connectivity index (χ0n) is 17.3. The fourth-order valence-electron chi connectivity index (χ4n) is 4.00. The molecule has 0 N–H and O–H groups in total. The largest absolute Gasteiger partial charge is 0.416 e. The summed E-state index contributed by atoms with van der Waals surface area (Å²) in [7, 11) is 1.96. The van der Waals surface area contributed by atoms with Gasteiger partial charge in [0, 0.05) is 37.2 Å². The number of halogens is 3. The molecule has 2 aromatic carbocycles. The summed E-state index contributed by atoms with van der Waals surface area (Å²) < 4.78 is 42.8. The number of benzene rings is 2. The van der Waals surface area contributed by atoms with Crippen LogP contribution in [0.4, 0.5) is 13.2 Å². The van der Waals surface area contributed by atoms with E-state index in [1.54, 1.807) is 4.57 Å². The minimum Gasteiger partial charge on any atom is -0.345 e. The van der Waals surface area contributed by atoms with Crippen molar-refractivity contribution in [2.24, 2.45) is 7.05 Å². The van der Waals surface area contributed by atoms with Crippen LogP contribution < -0.4 is 4.57 Å². The Kier molecular flexibility index (Phi) is 5.39. The number of carbonyl (C=O) groups is 1. The second-order valence-electron chi connectivity index (χ2n) is 7.72. The van der Waals surface area contributed by atoms with Crippen molar-refractivity contribution < 1.29 is 22.5 Å². The van der Waals surface area contributed by atoms with E-state index in [2.05, 4.69) is 18.3 Å². The molecule has 0 aliphatic heterocycles. The first kappa shape index (κ1) is 20.8. The maximum atomic E-state index is 13.0. The Morgan fingerprint density at radius 3 is 2.48 bits per heavy atom. The molecule has 0 fully saturated rings. The Hall–Kier alpha value is -3.41. The van der Waals surface area contributed by atoms with E-state index in [4.69, 9.17) is 0 Å². The molecule has 4 rings (SSSR count). The normalized spacial score (nSPS) is 11.8. The lowest BCUT2D eigenvalue weighted by Gasteiger charge is -2.08. The molecule has 158 valence electrons. The van der Waals surface area contributed by atoms with Gasteiger partial charge in [0.25, 0.3) is 0 Å². The number of aryl methyl sites for hydroxylation is 2. The van der Waals surface area contributed by atoms with E-state index >= 15 is 0 Å². The highest BCUT2D eigenvalue weighted by molar-refractivity contribution is 5.95. The minimum absolute atomic E-state index is 0.0255. The Labute approximate surface area is 178 Å². The lowest BCUT2D eigenvalue weighted by atomic mass is 10.0. The van der Waals surface area contributed by atoms with E-state index in [9.17, 15) is 18.0 Å². The Morgan fingerprint density at radius 2 is 1.77 bits per heavy atom. The first-order chi connectivity index (χ1) is 14.7. The topological polar surface area (TPSA) is 25.9 Å². The molecule has 3 nitrogen and oxygen atoms in total. The molecule has 0 aliphatic carbocycles. The van der Waals surface area contributed by atoms with Crippen LogP contribution in [0.25, 0.3) is 10.9 Å². The van der Waals surface area contributed by atoms with Crippen molar-refractivity contribution in [1.82, 2.24) is 4.57 Å². The van der Waals surface area contributed by atoms with Crippen LogP contribution in [0, 0.1) is 6.92 Å². The summed E-state index contributed by atoms with van der Waals surface area (Å²) in [5, 5.41) is 1.10. The van der Waals surface area contributed by atoms with Gasteiger partial charge in [-0.05, 0) is 29.7 Å². The average Bonchev–Trinajstić information content (AvgIpc) is 3.06. The maximum Gasteiger partial charge on any atom is 0.416 e. The molecule has 0 saturated carbocycles. The van der Waals surface area contributed by atoms with Gasteiger partial charge in [0.05, 0.1) is 5.56 Å². The van der Waals surface area contributed by atoms with Gasteiger partial charge < -0.3 is 4.57 Å². The van der Waals surface area contributed by atoms with Crippen molar-refractivity contribution in [2.45, 2.75) is 26.1 Å². The molecule has 2 heterocycles. The zero-order chi connectivity index (χ0) is 22.2. The molecule has 0 spiro atoms. The molecule has 0 amide bonds. The van der Waals surface area contributed by atoms with Crippen molar-refractivity contribution in [3.63, 3.8) is 0 Å². The Bertz CT molecular complexity index is 1260. The number of rotatable bonds is 5. The third-order valence-corrected chi connectivity index (χ3v) is 5.56. The van der Waals surface area contributed by atoms with Crippen LogP contribution in [-0.4, -0.2) is 10.4 Å². The number of fused-ring (bicyclic) bond motifs is 1. The summed E-state index contributed by atoms with van der Waals surface area (Å²) in [6, 6.07) is 16.7. The lowest BCUT2D eigenvalue weighted by molar-refractivity contribution is -0.687. The summed E-state index contributed by atoms with van der Waals surface area (Å²) in [4.78, 5) is 12.7. The average molecular weight is 423 g/mol. The smallest absolute Gasteiger partial charge is 0.345 e. The summed E-state index contributed by atoms with van der Waals surface area (Å²) in [6.07, 6.45) is 0.239. The number of alkyl halides is 3. The molecule has 6 heteroatoms. The van der Waals surface area contributed by atoms with Crippen molar-refractivity contribution in [2.75, 3.05) is 0 Å². The van der Waals surface area contributed by atoms with Crippen LogP contribution in [0.5, 0.6) is 0 Å². The fourth-order valence-corrected chi connectivity index (χ4v) is 4.00. The molecular formula is C25H22F3N2O+. The predicted octanol–water partition coefficient (Wildman–Crippen LogP) is 5.27. The fraction of sp³-hybridized carbons (Fsp3) is 0.200. The molecule has 31 heavy (non-hydrogen) atoms. The van der Waals surface area contributed by atoms with E-state index < -0.39 is 11.7 Å². The number of nitrogens with zero attached hydrogens (tertiary/aromatic N) is 2. The lowest BCUT2D eigenvalue weighted by Crippen LogP contribution is -2.40. The van der Waals surface area contributed by atoms with Gasteiger partial charge in [0.2, 0.25) is 18.0 Å². The monoisotopic (exact) mass is 423 g/mol. The third-order valence-electron chi connectivity index (χ3n) is 5.56. The van der Waals surface area contributed by atoms with Crippen LogP contribution in [0.3, 0.4) is 0 Å². The highest BCUT2D eigenvalue weighted by atomic mass is 19.4. The number of carbonyl (C=O) groups excluding carboxylic acids is 1. The van der Waals surface area contributed by atoms with Gasteiger partial charge in [0.15, 0.2) is 6.20 Å². The number of ketones is 1. The maximum absolute atomic E-state index is 13.0. The molecule has 0 unspecified atom stereocenters. The van der Waals surface area contributed by atoms with Crippen molar-refractivity contribution in [3.8, 4) is 0 Å². The van der Waals surface area contributed by atoms with E-state index in [1.165, 1.54) is 23.3 Å². The van der Waals surface area contributed by atoms with E-state index in [0.29, 0.717) is 0 Å². The van der Waals surface area contributed by atoms with Gasteiger partial charge in [-0.2, -0.15) is 17.7 Å². The summed E-state index contributed by atoms with van der Waals surface area (Å²) in [5.41, 5.74) is 3.53. The van der Waals surface area contributed by atoms with Gasteiger partial charge in [-0.15, -0.1) is 0 Å². The van der Waals surface area contributed by atoms with Crippen LogP contribution in [0.1, 0.15) is 32.7 Å². The summed E-state index contributed by atoms with van der Waals surface area (Å²) >= 11 is 0. The minimum atomic E-state index is -4.48. The van der Waals surface area contributed by atoms with Gasteiger partial charge in [0.1, 0.15) is 5.52 Å². The first-order valence-electron chi connectivity index (χ1n) is 9.95. The van der Waals surface area contributed by atoms with Gasteiger partial charge in [-0.3, -0.25) is 4.79 Å². The first-order valence-corrected chi connectivity index (χ1v) is 9.95. The quantitative estimate of drug-likeness (QED) is 0.317. The molecule has 0 radical (unpaired) electrons. The predicted molar refractivity (Wildman–Crippen MR) is 113 cm³/mol. The van der Waals surface area contributed by atoms with Gasteiger partial charge >= 0.3 is 6.18 Å². The van der Waals surface area contributed by atoms with Crippen LogP contribution in [0.15, 0.2) is 73.1 Å². The van der Waals surface area contributed by atoms with Crippen LogP contribution >= 0.6 is 0 Å². The van der Waals surface area contributed by atoms with E-state index in [-0.39, 0.29) is 17.9 Å². The number of Topliss-reactive ketones (excluding diaryl/α,β-unsaturated/α-hetero) is 1. The number of aromatic nitrogens is 2. The second-order valence-corrected chi connectivity index (χ2v) is 7.72. The van der Waals surface area contributed by atoms with E-state index in [1.807, 2.05) is 49.0 Å². The Balaban J connectivity index is 1.64. The van der Waals surface area contributed by atoms with Gasteiger partial charge in [-0.25, -0.2) is 0 Å². The van der Waals surface area contributed by atoms with Crippen molar-refractivity contribution >= 4 is 16.7 Å². The summed E-state index contributed by atoms with van der Waals surface area (Å²) in [5.74, 6) is -0.364. The molecule has 0 bridgehead atoms. The Morgan fingerprint density at radius 1 is 1.03 bits per heavy atom. The SMILES string of the molecule is Cc1c2c(cc[n+]1CC(=O)c1cccc(C(F)(F)F)c1)c(Cc1ccccc1)cn2C. The van der Waals surface area contributed by atoms with Crippen molar-refractivity contribution in [3.05, 3.63) is 101 Å². The molecule has 2 aromatic heterocycles. The second kappa shape index (κ2) is 8.02. The number of hydrogen-bond donors (Lipinski definition) is 0. The molecule has 4 aromatic rings. The van der Waals surface area contributed by atoms with Crippen LogP contribution in [0.2, 0.25) is 0 Å².